The molecular weight excluding hydrogens is 238 g/mol. The van der Waals surface area contributed by atoms with Crippen molar-refractivity contribution in [1.29, 1.82) is 0 Å². The maximum atomic E-state index is 11.9. The molecule has 94 valence electrons. The zero-order chi connectivity index (χ0) is 13.1. The second-order valence-electron chi connectivity index (χ2n) is 3.46. The van der Waals surface area contributed by atoms with Crippen LogP contribution in [0.15, 0.2) is 24.3 Å². The summed E-state index contributed by atoms with van der Waals surface area (Å²) < 4.78 is 0.402. The summed E-state index contributed by atoms with van der Waals surface area (Å²) in [7, 11) is 0. The van der Waals surface area contributed by atoms with E-state index in [2.05, 4.69) is 15.7 Å². The Morgan fingerprint density at radius 3 is 2.67 bits per heavy atom. The molecule has 0 aliphatic heterocycles. The van der Waals surface area contributed by atoms with Crippen LogP contribution in [-0.2, 0) is 0 Å². The van der Waals surface area contributed by atoms with Gasteiger partial charge < -0.3 is 15.7 Å². The molecule has 2 rings (SSSR count). The van der Waals surface area contributed by atoms with Gasteiger partial charge in [-0.05, 0) is 13.0 Å². The van der Waals surface area contributed by atoms with Gasteiger partial charge >= 0.3 is 12.0 Å². The lowest BCUT2D eigenvalue weighted by atomic mass is 10.3. The standard InChI is InChI=1S/C10H11N5O3/c1-2-11-10(16)12-9-13-15(18)8-6-4-3-5-7(8)14(9)17/h3-6H,2H2,1H3,(H2,11,12,13,16). The summed E-state index contributed by atoms with van der Waals surface area (Å²) in [6.07, 6.45) is 0. The van der Waals surface area contributed by atoms with Crippen LogP contribution in [0.5, 0.6) is 0 Å². The van der Waals surface area contributed by atoms with Crippen LogP contribution in [0.2, 0.25) is 0 Å². The molecule has 1 aromatic heterocycles. The predicted molar refractivity (Wildman–Crippen MR) is 62.4 cm³/mol. The van der Waals surface area contributed by atoms with Crippen LogP contribution in [-0.4, -0.2) is 17.7 Å². The van der Waals surface area contributed by atoms with Gasteiger partial charge in [-0.25, -0.2) is 9.52 Å². The monoisotopic (exact) mass is 249 g/mol. The minimum atomic E-state index is -0.593. The van der Waals surface area contributed by atoms with Gasteiger partial charge in [-0.2, -0.15) is 5.32 Å². The van der Waals surface area contributed by atoms with E-state index in [0.29, 0.717) is 16.1 Å². The number of hydrogen-bond acceptors (Lipinski definition) is 4. The fraction of sp³-hybridized carbons (Fsp3) is 0.200. The summed E-state index contributed by atoms with van der Waals surface area (Å²) in [6.45, 7) is 2.13. The van der Waals surface area contributed by atoms with Gasteiger partial charge in [0.15, 0.2) is 5.52 Å². The number of amides is 2. The number of benzene rings is 1. The molecule has 2 N–H and O–H groups in total. The molecule has 0 unspecified atom stereocenters. The first-order valence-corrected chi connectivity index (χ1v) is 5.30. The largest absolute Gasteiger partial charge is 0.739 e. The van der Waals surface area contributed by atoms with Gasteiger partial charge in [-0.15, -0.1) is 0 Å². The number of fused-ring (bicyclic) bond motifs is 1. The van der Waals surface area contributed by atoms with Gasteiger partial charge in [-0.1, -0.05) is 12.1 Å². The fourth-order valence-corrected chi connectivity index (χ4v) is 1.47. The Kier molecular flexibility index (Phi) is 3.09. The molecule has 1 heterocycles. The van der Waals surface area contributed by atoms with Gasteiger partial charge in [0.1, 0.15) is 0 Å². The van der Waals surface area contributed by atoms with Crippen LogP contribution in [0, 0.1) is 10.4 Å². The minimum absolute atomic E-state index is 0.133. The summed E-state index contributed by atoms with van der Waals surface area (Å²) in [5, 5.41) is 31.6. The highest BCUT2D eigenvalue weighted by Gasteiger charge is 2.21. The fourth-order valence-electron chi connectivity index (χ4n) is 1.47. The van der Waals surface area contributed by atoms with Crippen molar-refractivity contribution in [1.82, 2.24) is 10.4 Å². The zero-order valence-electron chi connectivity index (χ0n) is 9.58. The Bertz CT molecular complexity index is 601. The molecule has 1 aromatic carbocycles. The third kappa shape index (κ3) is 2.08. The number of carbonyl (C=O) groups excluding carboxylic acids is 1. The maximum absolute atomic E-state index is 11.9. The van der Waals surface area contributed by atoms with E-state index in [-0.39, 0.29) is 17.0 Å². The summed E-state index contributed by atoms with van der Waals surface area (Å²) in [5.74, 6) is -0.366. The summed E-state index contributed by atoms with van der Waals surface area (Å²) >= 11 is 0. The van der Waals surface area contributed by atoms with Crippen molar-refractivity contribution in [2.75, 3.05) is 11.9 Å². The molecule has 2 aromatic rings. The topological polar surface area (TPSA) is 108 Å². The van der Waals surface area contributed by atoms with E-state index < -0.39 is 6.03 Å². The van der Waals surface area contributed by atoms with Crippen molar-refractivity contribution in [2.45, 2.75) is 6.92 Å². The van der Waals surface area contributed by atoms with Crippen molar-refractivity contribution >= 4 is 23.0 Å². The van der Waals surface area contributed by atoms with Crippen LogP contribution in [0.25, 0.3) is 11.0 Å². The number of para-hydroxylation sites is 2. The van der Waals surface area contributed by atoms with Crippen LogP contribution >= 0.6 is 0 Å². The zero-order valence-corrected chi connectivity index (χ0v) is 9.58. The van der Waals surface area contributed by atoms with Crippen LogP contribution in [0.1, 0.15) is 6.92 Å². The molecule has 0 aliphatic carbocycles. The van der Waals surface area contributed by atoms with E-state index >= 15 is 0 Å². The number of nitrogens with zero attached hydrogens (tertiary/aromatic N) is 3. The van der Waals surface area contributed by atoms with E-state index in [1.54, 1.807) is 19.1 Å². The van der Waals surface area contributed by atoms with Crippen molar-refractivity contribution in [2.24, 2.45) is 0 Å². The Balaban J connectivity index is 2.46. The number of rotatable bonds is 2. The summed E-state index contributed by atoms with van der Waals surface area (Å²) in [6, 6.07) is 5.59. The van der Waals surface area contributed by atoms with Gasteiger partial charge in [0.25, 0.3) is 5.52 Å². The number of aromatic nitrogens is 3. The molecule has 0 saturated heterocycles. The van der Waals surface area contributed by atoms with Gasteiger partial charge in [0.05, 0.1) is 0 Å². The Hall–Kier alpha value is -2.64. The molecule has 0 radical (unpaired) electrons. The lowest BCUT2D eigenvalue weighted by Gasteiger charge is -2.09. The molecule has 0 saturated carbocycles. The maximum Gasteiger partial charge on any atom is 0.469 e. The van der Waals surface area contributed by atoms with E-state index in [0.717, 1.165) is 0 Å². The molecule has 8 heteroatoms. The highest BCUT2D eigenvalue weighted by Crippen LogP contribution is 2.05. The highest BCUT2D eigenvalue weighted by atomic mass is 16.5. The Labute approximate surface area is 102 Å². The summed E-state index contributed by atoms with van der Waals surface area (Å²) in [4.78, 5) is 11.6. The average molecular weight is 249 g/mol. The van der Waals surface area contributed by atoms with E-state index in [9.17, 15) is 15.2 Å². The molecule has 0 aliphatic rings. The highest BCUT2D eigenvalue weighted by molar-refractivity contribution is 5.86. The number of carbonyl (C=O) groups is 1. The van der Waals surface area contributed by atoms with Gasteiger partial charge in [0.2, 0.25) is 5.10 Å². The predicted octanol–water partition coefficient (Wildman–Crippen LogP) is -0.357. The van der Waals surface area contributed by atoms with Crippen molar-refractivity contribution in [3.63, 3.8) is 0 Å². The second-order valence-corrected chi connectivity index (χ2v) is 3.46. The molecule has 0 bridgehead atoms. The Morgan fingerprint density at radius 2 is 2.00 bits per heavy atom. The SMILES string of the molecule is CCNC(=O)Nc1n[n+]([O-])c2ccccc2[n+]1[O-]. The molecule has 18 heavy (non-hydrogen) atoms. The molecule has 0 spiro atoms. The number of anilines is 1. The normalized spacial score (nSPS) is 10.3. The van der Waals surface area contributed by atoms with E-state index in [1.807, 2.05) is 0 Å². The van der Waals surface area contributed by atoms with Crippen molar-refractivity contribution in [3.05, 3.63) is 34.7 Å². The third-order valence-corrected chi connectivity index (χ3v) is 2.25. The number of nitrogens with one attached hydrogen (secondary N) is 2. The quantitative estimate of drug-likeness (QED) is 0.559. The van der Waals surface area contributed by atoms with E-state index in [4.69, 9.17) is 0 Å². The Morgan fingerprint density at radius 1 is 1.33 bits per heavy atom. The third-order valence-electron chi connectivity index (χ3n) is 2.25. The number of urea groups is 1. The first-order valence-electron chi connectivity index (χ1n) is 5.30. The van der Waals surface area contributed by atoms with Crippen LogP contribution in [0.3, 0.4) is 0 Å². The molecule has 0 atom stereocenters. The average Bonchev–Trinajstić information content (AvgIpc) is 2.36. The molecule has 0 fully saturated rings. The van der Waals surface area contributed by atoms with Crippen LogP contribution in [0.4, 0.5) is 10.7 Å². The lowest BCUT2D eigenvalue weighted by Crippen LogP contribution is -2.46. The summed E-state index contributed by atoms with van der Waals surface area (Å²) in [5.41, 5.74) is 0.267. The molecule has 2 amide bonds. The molecule has 8 nitrogen and oxygen atoms in total. The molecular formula is C10H11N5O3. The van der Waals surface area contributed by atoms with Gasteiger partial charge in [0, 0.05) is 17.5 Å². The van der Waals surface area contributed by atoms with Crippen LogP contribution < -0.4 is 20.2 Å². The van der Waals surface area contributed by atoms with Crippen molar-refractivity contribution < 1.29 is 14.4 Å². The first-order chi connectivity index (χ1) is 8.63. The first kappa shape index (κ1) is 11.8. The van der Waals surface area contributed by atoms with Crippen molar-refractivity contribution in [3.8, 4) is 0 Å². The minimum Gasteiger partial charge on any atom is -0.739 e. The lowest BCUT2D eigenvalue weighted by molar-refractivity contribution is -0.672. The van der Waals surface area contributed by atoms with Gasteiger partial charge in [-0.3, -0.25) is 0 Å². The smallest absolute Gasteiger partial charge is 0.469 e. The second kappa shape index (κ2) is 4.70. The van der Waals surface area contributed by atoms with E-state index in [1.165, 1.54) is 12.1 Å². The number of hydrogen-bond donors (Lipinski definition) is 2.